The van der Waals surface area contributed by atoms with Crippen LogP contribution < -0.4 is 0 Å². The van der Waals surface area contributed by atoms with Crippen LogP contribution in [0.25, 0.3) is 0 Å². The van der Waals surface area contributed by atoms with Gasteiger partial charge in [-0.05, 0) is 13.3 Å². The highest BCUT2D eigenvalue weighted by atomic mass is 16.5. The van der Waals surface area contributed by atoms with E-state index in [0.29, 0.717) is 52.6 Å². The second-order valence-corrected chi connectivity index (χ2v) is 4.62. The number of ketones is 1. The first kappa shape index (κ1) is 17.7. The lowest BCUT2D eigenvalue weighted by molar-refractivity contribution is -0.118. The van der Waals surface area contributed by atoms with Crippen LogP contribution in [-0.2, 0) is 32.0 Å². The summed E-state index contributed by atoms with van der Waals surface area (Å²) in [6, 6.07) is 0. The van der Waals surface area contributed by atoms with Gasteiger partial charge in [-0.25, -0.2) is 4.68 Å². The van der Waals surface area contributed by atoms with Crippen LogP contribution in [0, 0.1) is 0 Å². The van der Waals surface area contributed by atoms with E-state index in [2.05, 4.69) is 10.3 Å². The Hall–Kier alpha value is -1.31. The van der Waals surface area contributed by atoms with Crippen molar-refractivity contribution < 1.29 is 19.0 Å². The third-order valence-corrected chi connectivity index (χ3v) is 2.76. The zero-order valence-electron chi connectivity index (χ0n) is 12.9. The lowest BCUT2D eigenvalue weighted by atomic mass is 10.3. The monoisotopic (exact) mass is 299 g/mol. The van der Waals surface area contributed by atoms with Crippen LogP contribution in [0.3, 0.4) is 0 Å². The van der Waals surface area contributed by atoms with Gasteiger partial charge in [0.1, 0.15) is 5.78 Å². The summed E-state index contributed by atoms with van der Waals surface area (Å²) >= 11 is 0. The highest BCUT2D eigenvalue weighted by Crippen LogP contribution is 1.93. The van der Waals surface area contributed by atoms with E-state index in [0.717, 1.165) is 12.1 Å². The smallest absolute Gasteiger partial charge is 0.132 e. The van der Waals surface area contributed by atoms with E-state index in [1.165, 1.54) is 0 Å². The number of carbonyl (C=O) groups is 1. The van der Waals surface area contributed by atoms with E-state index in [1.807, 2.05) is 13.1 Å². The molecule has 0 atom stereocenters. The van der Waals surface area contributed by atoms with Crippen molar-refractivity contribution in [2.75, 3.05) is 39.6 Å². The lowest BCUT2D eigenvalue weighted by Crippen LogP contribution is -2.13. The molecule has 0 spiro atoms. The number of carbonyl (C=O) groups excluding carboxylic acids is 1. The average molecular weight is 299 g/mol. The van der Waals surface area contributed by atoms with Crippen molar-refractivity contribution in [1.29, 1.82) is 0 Å². The van der Waals surface area contributed by atoms with Crippen LogP contribution in [0.2, 0.25) is 0 Å². The van der Waals surface area contributed by atoms with Crippen LogP contribution in [0.5, 0.6) is 0 Å². The molecule has 0 amide bonds. The highest BCUT2D eigenvalue weighted by Gasteiger charge is 1.98. The molecule has 0 N–H and O–H groups in total. The molecule has 0 radical (unpaired) electrons. The van der Waals surface area contributed by atoms with Gasteiger partial charge in [0.15, 0.2) is 0 Å². The molecule has 1 heterocycles. The zero-order chi connectivity index (χ0) is 15.3. The Labute approximate surface area is 125 Å². The number of aromatic nitrogens is 3. The van der Waals surface area contributed by atoms with Gasteiger partial charge in [-0.1, -0.05) is 12.1 Å². The van der Waals surface area contributed by atoms with Crippen LogP contribution in [0.1, 0.15) is 26.0 Å². The third kappa shape index (κ3) is 9.28. The van der Waals surface area contributed by atoms with Gasteiger partial charge in [0.05, 0.1) is 51.9 Å². The van der Waals surface area contributed by atoms with Crippen molar-refractivity contribution >= 4 is 5.78 Å². The summed E-state index contributed by atoms with van der Waals surface area (Å²) in [4.78, 5) is 10.7. The molecule has 0 aliphatic heterocycles. The first-order valence-corrected chi connectivity index (χ1v) is 7.34. The van der Waals surface area contributed by atoms with Gasteiger partial charge in [-0.3, -0.25) is 4.79 Å². The minimum atomic E-state index is 0.141. The van der Waals surface area contributed by atoms with Gasteiger partial charge in [-0.15, -0.1) is 5.10 Å². The van der Waals surface area contributed by atoms with Gasteiger partial charge in [-0.2, -0.15) is 0 Å². The van der Waals surface area contributed by atoms with Gasteiger partial charge < -0.3 is 14.2 Å². The molecule has 1 rings (SSSR count). The first-order chi connectivity index (χ1) is 10.2. The number of ether oxygens (including phenoxy) is 3. The standard InChI is InChI=1S/C14H25N3O4/c1-3-14-12-17(16-15-14)5-7-20-9-11-21-10-8-19-6-4-13(2)18/h12H,3-11H2,1-2H3. The molecule has 1 aromatic rings. The van der Waals surface area contributed by atoms with E-state index in [1.54, 1.807) is 11.6 Å². The molecule has 0 unspecified atom stereocenters. The van der Waals surface area contributed by atoms with Crippen LogP contribution in [-0.4, -0.2) is 60.4 Å². The molecular weight excluding hydrogens is 274 g/mol. The molecule has 0 aliphatic carbocycles. The predicted molar refractivity (Wildman–Crippen MR) is 77.2 cm³/mol. The average Bonchev–Trinajstić information content (AvgIpc) is 2.92. The van der Waals surface area contributed by atoms with Crippen molar-refractivity contribution in [2.45, 2.75) is 33.2 Å². The number of Topliss-reactive ketones (excluding diaryl/α,β-unsaturated/α-hetero) is 1. The molecule has 21 heavy (non-hydrogen) atoms. The highest BCUT2D eigenvalue weighted by molar-refractivity contribution is 5.75. The Morgan fingerprint density at radius 2 is 1.71 bits per heavy atom. The van der Waals surface area contributed by atoms with Gasteiger partial charge in [0.2, 0.25) is 0 Å². The van der Waals surface area contributed by atoms with Crippen molar-refractivity contribution in [3.05, 3.63) is 11.9 Å². The fourth-order valence-corrected chi connectivity index (χ4v) is 1.53. The molecule has 7 heteroatoms. The van der Waals surface area contributed by atoms with E-state index in [9.17, 15) is 4.79 Å². The first-order valence-electron chi connectivity index (χ1n) is 7.34. The molecule has 0 saturated carbocycles. The summed E-state index contributed by atoms with van der Waals surface area (Å²) in [5.74, 6) is 0.141. The Morgan fingerprint density at radius 1 is 1.10 bits per heavy atom. The van der Waals surface area contributed by atoms with Gasteiger partial charge in [0, 0.05) is 12.6 Å². The third-order valence-electron chi connectivity index (χ3n) is 2.76. The summed E-state index contributed by atoms with van der Waals surface area (Å²) in [7, 11) is 0. The largest absolute Gasteiger partial charge is 0.379 e. The van der Waals surface area contributed by atoms with Gasteiger partial charge in [0.25, 0.3) is 0 Å². The fourth-order valence-electron chi connectivity index (χ4n) is 1.53. The lowest BCUT2D eigenvalue weighted by Gasteiger charge is -2.06. The van der Waals surface area contributed by atoms with Crippen LogP contribution >= 0.6 is 0 Å². The van der Waals surface area contributed by atoms with Crippen molar-refractivity contribution in [3.8, 4) is 0 Å². The molecular formula is C14H25N3O4. The number of hydrogen-bond donors (Lipinski definition) is 0. The van der Waals surface area contributed by atoms with E-state index >= 15 is 0 Å². The van der Waals surface area contributed by atoms with E-state index < -0.39 is 0 Å². The summed E-state index contributed by atoms with van der Waals surface area (Å²) < 4.78 is 17.8. The summed E-state index contributed by atoms with van der Waals surface area (Å²) in [5, 5.41) is 8.00. The number of rotatable bonds is 13. The molecule has 7 nitrogen and oxygen atoms in total. The predicted octanol–water partition coefficient (Wildman–Crippen LogP) is 0.869. The van der Waals surface area contributed by atoms with Gasteiger partial charge >= 0.3 is 0 Å². The summed E-state index contributed by atoms with van der Waals surface area (Å²) in [5.41, 5.74) is 0.989. The second kappa shape index (κ2) is 11.4. The van der Waals surface area contributed by atoms with Crippen molar-refractivity contribution in [2.24, 2.45) is 0 Å². The summed E-state index contributed by atoms with van der Waals surface area (Å²) in [6.45, 7) is 7.46. The normalized spacial score (nSPS) is 11.0. The quantitative estimate of drug-likeness (QED) is 0.503. The summed E-state index contributed by atoms with van der Waals surface area (Å²) in [6.07, 6.45) is 3.28. The molecule has 0 aromatic carbocycles. The molecule has 0 bridgehead atoms. The molecule has 0 fully saturated rings. The Morgan fingerprint density at radius 3 is 2.29 bits per heavy atom. The molecule has 0 aliphatic rings. The number of hydrogen-bond acceptors (Lipinski definition) is 6. The zero-order valence-corrected chi connectivity index (χ0v) is 12.9. The maximum Gasteiger partial charge on any atom is 0.132 e. The minimum Gasteiger partial charge on any atom is -0.379 e. The molecule has 120 valence electrons. The molecule has 0 saturated heterocycles. The number of aryl methyl sites for hydroxylation is 1. The maximum absolute atomic E-state index is 10.7. The van der Waals surface area contributed by atoms with E-state index in [-0.39, 0.29) is 5.78 Å². The van der Waals surface area contributed by atoms with E-state index in [4.69, 9.17) is 14.2 Å². The Balaban J connectivity index is 1.83. The SMILES string of the molecule is CCc1cn(CCOCCOCCOCCC(C)=O)nn1. The van der Waals surface area contributed by atoms with Crippen molar-refractivity contribution in [3.63, 3.8) is 0 Å². The van der Waals surface area contributed by atoms with Crippen LogP contribution in [0.15, 0.2) is 6.20 Å². The van der Waals surface area contributed by atoms with Crippen LogP contribution in [0.4, 0.5) is 0 Å². The second-order valence-electron chi connectivity index (χ2n) is 4.62. The molecule has 1 aromatic heterocycles. The number of nitrogens with zero attached hydrogens (tertiary/aromatic N) is 3. The maximum atomic E-state index is 10.7. The Bertz CT molecular complexity index is 395. The minimum absolute atomic E-state index is 0.141. The van der Waals surface area contributed by atoms with Crippen molar-refractivity contribution in [1.82, 2.24) is 15.0 Å². The Kier molecular flexibility index (Phi) is 9.60. The topological polar surface area (TPSA) is 75.5 Å². The fraction of sp³-hybridized carbons (Fsp3) is 0.786.